The molecular formula is C8H17NO5. The summed E-state index contributed by atoms with van der Waals surface area (Å²) in [7, 11) is 0. The predicted molar refractivity (Wildman–Crippen MR) is 47.4 cm³/mol. The molecule has 0 aromatic carbocycles. The first-order chi connectivity index (χ1) is 7.11. The molecular weight excluding hydrogens is 190 g/mol. The van der Waals surface area contributed by atoms with Crippen molar-refractivity contribution in [3.05, 3.63) is 0 Å². The van der Waals surface area contributed by atoms with Crippen molar-refractivity contribution < 1.29 is 26.5 Å². The number of aliphatic hydroxyl groups excluding tert-OH is 4. The first-order valence-corrected chi connectivity index (χ1v) is 4.45. The van der Waals surface area contributed by atoms with Gasteiger partial charge in [-0.2, -0.15) is 0 Å². The zero-order valence-electron chi connectivity index (χ0n) is 8.71. The van der Waals surface area contributed by atoms with Crippen molar-refractivity contribution in [1.29, 1.82) is 0 Å². The number of ether oxygens (including phenoxy) is 1. The molecule has 1 heterocycles. The molecule has 14 heavy (non-hydrogen) atoms. The molecule has 0 radical (unpaired) electrons. The van der Waals surface area contributed by atoms with E-state index in [0.29, 0.717) is 0 Å². The van der Waals surface area contributed by atoms with E-state index in [-0.39, 0.29) is 13.4 Å². The lowest BCUT2D eigenvalue weighted by Gasteiger charge is -2.40. The highest BCUT2D eigenvalue weighted by Crippen LogP contribution is 2.19. The molecule has 5 atom stereocenters. The van der Waals surface area contributed by atoms with Crippen molar-refractivity contribution in [2.45, 2.75) is 37.5 Å². The van der Waals surface area contributed by atoms with Crippen LogP contribution in [0.2, 0.25) is 0 Å². The molecule has 6 nitrogen and oxygen atoms in total. The highest BCUT2D eigenvalue weighted by atomic mass is 16.6. The standard InChI is InChI=1S/C8H17NO5/c1-2-9-5-7(12)6(11)4(3-10)14-8(5)13/h4-13H,2-3H2,1H3/t4-,5-,6+,7-,8?/m1/s1/i1D. The monoisotopic (exact) mass is 208 g/mol. The maximum Gasteiger partial charge on any atom is 0.173 e. The summed E-state index contributed by atoms with van der Waals surface area (Å²) < 4.78 is 11.8. The third-order valence-corrected chi connectivity index (χ3v) is 2.28. The van der Waals surface area contributed by atoms with Crippen LogP contribution in [0, 0.1) is 0 Å². The van der Waals surface area contributed by atoms with Crippen molar-refractivity contribution in [3.8, 4) is 0 Å². The summed E-state index contributed by atoms with van der Waals surface area (Å²) in [5.41, 5.74) is 0. The number of aliphatic hydroxyl groups is 4. The summed E-state index contributed by atoms with van der Waals surface area (Å²) in [5, 5.41) is 40.1. The summed E-state index contributed by atoms with van der Waals surface area (Å²) in [5.74, 6) is 0. The van der Waals surface area contributed by atoms with Gasteiger partial charge in [0.25, 0.3) is 0 Å². The molecule has 1 unspecified atom stereocenters. The van der Waals surface area contributed by atoms with E-state index in [1.165, 1.54) is 0 Å². The molecule has 0 aromatic heterocycles. The Labute approximate surface area is 83.5 Å². The Bertz CT molecular complexity index is 196. The van der Waals surface area contributed by atoms with Gasteiger partial charge in [0.1, 0.15) is 18.3 Å². The molecule has 1 saturated heterocycles. The minimum absolute atomic E-state index is 0.0927. The zero-order valence-corrected chi connectivity index (χ0v) is 7.71. The van der Waals surface area contributed by atoms with Gasteiger partial charge in [0.15, 0.2) is 6.29 Å². The lowest BCUT2D eigenvalue weighted by Crippen LogP contribution is -2.63. The van der Waals surface area contributed by atoms with Crippen molar-refractivity contribution in [3.63, 3.8) is 0 Å². The number of rotatable bonds is 3. The second-order valence-corrected chi connectivity index (χ2v) is 3.21. The summed E-state index contributed by atoms with van der Waals surface area (Å²) in [6.45, 7) is -0.103. The van der Waals surface area contributed by atoms with Crippen molar-refractivity contribution in [2.24, 2.45) is 0 Å². The van der Waals surface area contributed by atoms with Crippen LogP contribution >= 0.6 is 0 Å². The topological polar surface area (TPSA) is 102 Å². The molecule has 1 aliphatic rings. The minimum atomic E-state index is -1.30. The van der Waals surface area contributed by atoms with Gasteiger partial charge in [0.2, 0.25) is 0 Å². The van der Waals surface area contributed by atoms with E-state index in [4.69, 9.17) is 11.2 Å². The van der Waals surface area contributed by atoms with Crippen molar-refractivity contribution in [1.82, 2.24) is 5.32 Å². The molecule has 0 aromatic rings. The quantitative estimate of drug-likeness (QED) is 0.348. The zero-order chi connectivity index (χ0) is 11.4. The summed E-state index contributed by atoms with van der Waals surface area (Å²) >= 11 is 0. The van der Waals surface area contributed by atoms with Crippen molar-refractivity contribution in [2.75, 3.05) is 13.2 Å². The average Bonchev–Trinajstić information content (AvgIpc) is 2.23. The Morgan fingerprint density at radius 1 is 1.36 bits per heavy atom. The Hall–Kier alpha value is -0.240. The van der Waals surface area contributed by atoms with Gasteiger partial charge in [-0.3, -0.25) is 0 Å². The molecule has 1 fully saturated rings. The normalized spacial score (nSPS) is 44.9. The summed E-state index contributed by atoms with van der Waals surface area (Å²) in [6.07, 6.45) is -4.75. The van der Waals surface area contributed by atoms with Gasteiger partial charge in [-0.25, -0.2) is 0 Å². The van der Waals surface area contributed by atoms with Gasteiger partial charge in [0, 0.05) is 1.37 Å². The van der Waals surface area contributed by atoms with Gasteiger partial charge in [-0.15, -0.1) is 0 Å². The van der Waals surface area contributed by atoms with Crippen LogP contribution < -0.4 is 5.32 Å². The molecule has 1 aliphatic heterocycles. The van der Waals surface area contributed by atoms with E-state index in [0.717, 1.165) is 0 Å². The smallest absolute Gasteiger partial charge is 0.173 e. The number of likely N-dealkylation sites (N-methyl/N-ethyl adjacent to an activating group) is 1. The van der Waals surface area contributed by atoms with Gasteiger partial charge in [-0.05, 0) is 6.54 Å². The van der Waals surface area contributed by atoms with Crippen molar-refractivity contribution >= 4 is 0 Å². The van der Waals surface area contributed by atoms with E-state index >= 15 is 0 Å². The van der Waals surface area contributed by atoms with Crippen LogP contribution in [-0.2, 0) is 4.74 Å². The SMILES string of the molecule is [2H]CCN[C@H]1C(O)O[C@H](CO)[C@H](O)[C@@H]1O. The van der Waals surface area contributed by atoms with E-state index < -0.39 is 37.3 Å². The first kappa shape index (κ1) is 10.3. The molecule has 0 saturated carbocycles. The van der Waals surface area contributed by atoms with Gasteiger partial charge >= 0.3 is 0 Å². The molecule has 0 amide bonds. The molecule has 5 N–H and O–H groups in total. The van der Waals surface area contributed by atoms with Crippen LogP contribution in [0.1, 0.15) is 8.27 Å². The van der Waals surface area contributed by atoms with Gasteiger partial charge < -0.3 is 30.5 Å². The molecule has 1 rings (SSSR count). The summed E-state index contributed by atoms with van der Waals surface area (Å²) in [6, 6.07) is -0.840. The minimum Gasteiger partial charge on any atom is -0.394 e. The lowest BCUT2D eigenvalue weighted by atomic mass is 9.97. The average molecular weight is 208 g/mol. The highest BCUT2D eigenvalue weighted by Gasteiger charge is 2.42. The molecule has 0 aliphatic carbocycles. The second-order valence-electron chi connectivity index (χ2n) is 3.21. The fourth-order valence-corrected chi connectivity index (χ4v) is 1.48. The third-order valence-electron chi connectivity index (χ3n) is 2.28. The lowest BCUT2D eigenvalue weighted by molar-refractivity contribution is -0.254. The Balaban J connectivity index is 2.58. The maximum atomic E-state index is 9.61. The second kappa shape index (κ2) is 5.01. The molecule has 6 heteroatoms. The number of hydrogen-bond donors (Lipinski definition) is 5. The fourth-order valence-electron chi connectivity index (χ4n) is 1.48. The maximum absolute atomic E-state index is 9.61. The number of nitrogens with one attached hydrogen (secondary N) is 1. The van der Waals surface area contributed by atoms with Crippen LogP contribution in [-0.4, -0.2) is 64.2 Å². The Morgan fingerprint density at radius 2 is 2.07 bits per heavy atom. The number of hydrogen-bond acceptors (Lipinski definition) is 6. The molecule has 84 valence electrons. The van der Waals surface area contributed by atoms with E-state index in [2.05, 4.69) is 5.32 Å². The Morgan fingerprint density at radius 3 is 2.64 bits per heavy atom. The van der Waals surface area contributed by atoms with Gasteiger partial charge in [0.05, 0.1) is 12.6 Å². The summed E-state index contributed by atoms with van der Waals surface area (Å²) in [4.78, 5) is 0. The van der Waals surface area contributed by atoms with Gasteiger partial charge in [-0.1, -0.05) is 6.90 Å². The third kappa shape index (κ3) is 2.22. The first-order valence-electron chi connectivity index (χ1n) is 5.15. The fraction of sp³-hybridized carbons (Fsp3) is 1.00. The van der Waals surface area contributed by atoms with E-state index in [1.807, 2.05) is 0 Å². The predicted octanol–water partition coefficient (Wildman–Crippen LogP) is -2.60. The van der Waals surface area contributed by atoms with E-state index in [9.17, 15) is 15.3 Å². The highest BCUT2D eigenvalue weighted by molar-refractivity contribution is 4.92. The van der Waals surface area contributed by atoms with Crippen LogP contribution in [0.25, 0.3) is 0 Å². The van der Waals surface area contributed by atoms with Crippen LogP contribution in [0.3, 0.4) is 0 Å². The van der Waals surface area contributed by atoms with E-state index in [1.54, 1.807) is 0 Å². The largest absolute Gasteiger partial charge is 0.394 e. The van der Waals surface area contributed by atoms with Crippen LogP contribution in [0.4, 0.5) is 0 Å². The molecule has 0 bridgehead atoms. The van der Waals surface area contributed by atoms with Crippen LogP contribution in [0.5, 0.6) is 0 Å². The van der Waals surface area contributed by atoms with Crippen LogP contribution in [0.15, 0.2) is 0 Å². The Kier molecular flexibility index (Phi) is 3.68. The molecule has 0 spiro atoms.